The van der Waals surface area contributed by atoms with Crippen molar-refractivity contribution in [3.05, 3.63) is 29.8 Å². The molecule has 2 aromatic heterocycles. The summed E-state index contributed by atoms with van der Waals surface area (Å²) in [6.45, 7) is 6.07. The molecule has 0 aromatic carbocycles. The molecule has 3 heterocycles. The molecule has 3 rings (SSSR count). The summed E-state index contributed by atoms with van der Waals surface area (Å²) in [6.07, 6.45) is 2.21. The Bertz CT molecular complexity index is 572. The van der Waals surface area contributed by atoms with E-state index in [-0.39, 0.29) is 5.41 Å². The average Bonchev–Trinajstić information content (AvgIpc) is 2.90. The number of pyridine rings is 1. The number of rotatable bonds is 2. The Labute approximate surface area is 112 Å². The fraction of sp³-hybridized carbons (Fsp3) is 0.500. The van der Waals surface area contributed by atoms with Crippen LogP contribution in [0.1, 0.15) is 31.4 Å². The molecule has 5 heteroatoms. The van der Waals surface area contributed by atoms with Crippen LogP contribution in [-0.2, 0) is 5.41 Å². The van der Waals surface area contributed by atoms with Crippen molar-refractivity contribution in [1.29, 1.82) is 0 Å². The van der Waals surface area contributed by atoms with Gasteiger partial charge >= 0.3 is 0 Å². The zero-order chi connectivity index (χ0) is 13.3. The molecule has 1 aliphatic rings. The van der Waals surface area contributed by atoms with E-state index < -0.39 is 0 Å². The topological polar surface area (TPSA) is 63.8 Å². The molecule has 1 N–H and O–H groups in total. The number of aryl methyl sites for hydroxylation is 1. The molecule has 0 bridgehead atoms. The number of nitrogens with zero attached hydrogens (tertiary/aromatic N) is 3. The summed E-state index contributed by atoms with van der Waals surface area (Å²) in [6, 6.07) is 5.82. The predicted molar refractivity (Wildman–Crippen MR) is 71.7 cm³/mol. The monoisotopic (exact) mass is 258 g/mol. The van der Waals surface area contributed by atoms with E-state index >= 15 is 0 Å². The number of hydrogen-bond donors (Lipinski definition) is 1. The summed E-state index contributed by atoms with van der Waals surface area (Å²) in [5.41, 5.74) is 1.66. The SMILES string of the molecule is Cc1cccc(-c2noc(C3(C)CCCNC3)n2)n1. The summed E-state index contributed by atoms with van der Waals surface area (Å²) in [4.78, 5) is 8.96. The Morgan fingerprint density at radius 2 is 2.21 bits per heavy atom. The van der Waals surface area contributed by atoms with Gasteiger partial charge in [-0.1, -0.05) is 11.2 Å². The lowest BCUT2D eigenvalue weighted by molar-refractivity contribution is 0.245. The van der Waals surface area contributed by atoms with E-state index in [9.17, 15) is 0 Å². The number of hydrogen-bond acceptors (Lipinski definition) is 5. The van der Waals surface area contributed by atoms with E-state index in [4.69, 9.17) is 4.52 Å². The van der Waals surface area contributed by atoms with Crippen molar-refractivity contribution in [1.82, 2.24) is 20.4 Å². The fourth-order valence-corrected chi connectivity index (χ4v) is 2.48. The molecule has 5 nitrogen and oxygen atoms in total. The first-order valence-electron chi connectivity index (χ1n) is 6.66. The summed E-state index contributed by atoms with van der Waals surface area (Å²) in [5, 5.41) is 7.46. The highest BCUT2D eigenvalue weighted by Crippen LogP contribution is 2.30. The van der Waals surface area contributed by atoms with Gasteiger partial charge in [-0.15, -0.1) is 0 Å². The van der Waals surface area contributed by atoms with Crippen LogP contribution in [-0.4, -0.2) is 28.2 Å². The van der Waals surface area contributed by atoms with E-state index in [1.807, 2.05) is 25.1 Å². The van der Waals surface area contributed by atoms with E-state index in [0.717, 1.165) is 37.3 Å². The van der Waals surface area contributed by atoms with Gasteiger partial charge in [0.2, 0.25) is 11.7 Å². The lowest BCUT2D eigenvalue weighted by Crippen LogP contribution is -2.41. The summed E-state index contributed by atoms with van der Waals surface area (Å²) >= 11 is 0. The third-order valence-electron chi connectivity index (χ3n) is 3.66. The Hall–Kier alpha value is -1.75. The van der Waals surface area contributed by atoms with Crippen LogP contribution in [0.25, 0.3) is 11.5 Å². The molecule has 0 amide bonds. The molecule has 1 saturated heterocycles. The standard InChI is InChI=1S/C14H18N4O/c1-10-5-3-6-11(16-10)12-17-13(19-18-12)14(2)7-4-8-15-9-14/h3,5-6,15H,4,7-9H2,1-2H3. The van der Waals surface area contributed by atoms with Gasteiger partial charge < -0.3 is 9.84 Å². The van der Waals surface area contributed by atoms with Crippen LogP contribution >= 0.6 is 0 Å². The van der Waals surface area contributed by atoms with Gasteiger partial charge in [0.1, 0.15) is 5.69 Å². The fourth-order valence-electron chi connectivity index (χ4n) is 2.48. The molecule has 1 fully saturated rings. The lowest BCUT2D eigenvalue weighted by Gasteiger charge is -2.30. The van der Waals surface area contributed by atoms with Gasteiger partial charge in [0.15, 0.2) is 0 Å². The van der Waals surface area contributed by atoms with Crippen molar-refractivity contribution in [3.8, 4) is 11.5 Å². The first kappa shape index (κ1) is 12.3. The second kappa shape index (κ2) is 4.74. The zero-order valence-corrected chi connectivity index (χ0v) is 11.3. The number of aromatic nitrogens is 3. The summed E-state index contributed by atoms with van der Waals surface area (Å²) in [7, 11) is 0. The molecule has 19 heavy (non-hydrogen) atoms. The van der Waals surface area contributed by atoms with Crippen molar-refractivity contribution in [3.63, 3.8) is 0 Å². The maximum atomic E-state index is 5.46. The summed E-state index contributed by atoms with van der Waals surface area (Å²) in [5.74, 6) is 1.28. The molecule has 0 spiro atoms. The second-order valence-corrected chi connectivity index (χ2v) is 5.43. The van der Waals surface area contributed by atoms with Gasteiger partial charge in [-0.3, -0.25) is 0 Å². The van der Waals surface area contributed by atoms with Crippen LogP contribution in [0.2, 0.25) is 0 Å². The third-order valence-corrected chi connectivity index (χ3v) is 3.66. The van der Waals surface area contributed by atoms with Gasteiger partial charge in [0.05, 0.1) is 5.41 Å². The molecular formula is C14H18N4O. The van der Waals surface area contributed by atoms with Crippen LogP contribution in [0.4, 0.5) is 0 Å². The Balaban J connectivity index is 1.91. The maximum absolute atomic E-state index is 5.46. The highest BCUT2D eigenvalue weighted by Gasteiger charge is 2.34. The van der Waals surface area contributed by atoms with Crippen molar-refractivity contribution in [2.75, 3.05) is 13.1 Å². The predicted octanol–water partition coefficient (Wildman–Crippen LogP) is 2.08. The van der Waals surface area contributed by atoms with Gasteiger partial charge in [-0.25, -0.2) is 4.98 Å². The van der Waals surface area contributed by atoms with Crippen LogP contribution in [0.5, 0.6) is 0 Å². The highest BCUT2D eigenvalue weighted by atomic mass is 16.5. The first-order chi connectivity index (χ1) is 9.17. The molecule has 1 unspecified atom stereocenters. The van der Waals surface area contributed by atoms with Crippen LogP contribution < -0.4 is 5.32 Å². The lowest BCUT2D eigenvalue weighted by atomic mass is 9.83. The normalized spacial score (nSPS) is 23.5. The van der Waals surface area contributed by atoms with Crippen molar-refractivity contribution < 1.29 is 4.52 Å². The zero-order valence-electron chi connectivity index (χ0n) is 11.3. The minimum atomic E-state index is -0.0622. The maximum Gasteiger partial charge on any atom is 0.234 e. The molecule has 100 valence electrons. The van der Waals surface area contributed by atoms with Gasteiger partial charge in [-0.2, -0.15) is 4.98 Å². The Morgan fingerprint density at radius 3 is 2.95 bits per heavy atom. The van der Waals surface area contributed by atoms with Gasteiger partial charge in [0.25, 0.3) is 0 Å². The minimum Gasteiger partial charge on any atom is -0.338 e. The molecule has 1 atom stereocenters. The smallest absolute Gasteiger partial charge is 0.234 e. The highest BCUT2D eigenvalue weighted by molar-refractivity contribution is 5.48. The molecule has 1 aliphatic heterocycles. The Kier molecular flexibility index (Phi) is 3.06. The van der Waals surface area contributed by atoms with Crippen LogP contribution in [0, 0.1) is 6.92 Å². The number of nitrogens with one attached hydrogen (secondary N) is 1. The summed E-state index contributed by atoms with van der Waals surface area (Å²) < 4.78 is 5.46. The van der Waals surface area contributed by atoms with E-state index in [1.54, 1.807) is 0 Å². The quantitative estimate of drug-likeness (QED) is 0.893. The molecule has 0 radical (unpaired) electrons. The van der Waals surface area contributed by atoms with Gasteiger partial charge in [-0.05, 0) is 45.4 Å². The van der Waals surface area contributed by atoms with Crippen LogP contribution in [0.15, 0.2) is 22.7 Å². The van der Waals surface area contributed by atoms with Crippen LogP contribution in [0.3, 0.4) is 0 Å². The van der Waals surface area contributed by atoms with E-state index in [1.165, 1.54) is 0 Å². The second-order valence-electron chi connectivity index (χ2n) is 5.43. The third kappa shape index (κ3) is 2.38. The first-order valence-corrected chi connectivity index (χ1v) is 6.66. The molecule has 2 aromatic rings. The van der Waals surface area contributed by atoms with E-state index in [2.05, 4.69) is 27.4 Å². The van der Waals surface area contributed by atoms with Crippen molar-refractivity contribution >= 4 is 0 Å². The molecule has 0 aliphatic carbocycles. The molecular weight excluding hydrogens is 240 g/mol. The van der Waals surface area contributed by atoms with Crippen molar-refractivity contribution in [2.45, 2.75) is 32.1 Å². The largest absolute Gasteiger partial charge is 0.338 e. The van der Waals surface area contributed by atoms with Crippen molar-refractivity contribution in [2.24, 2.45) is 0 Å². The molecule has 0 saturated carbocycles. The van der Waals surface area contributed by atoms with E-state index in [0.29, 0.717) is 11.7 Å². The Morgan fingerprint density at radius 1 is 1.32 bits per heavy atom. The van der Waals surface area contributed by atoms with Gasteiger partial charge in [0, 0.05) is 12.2 Å². The average molecular weight is 258 g/mol. The minimum absolute atomic E-state index is 0.0622. The number of piperidine rings is 1.